The SMILES string of the molecule is CN(C)C(c1cccc(O)c1C(O)CO)(N(C)C)N(C)C. The van der Waals surface area contributed by atoms with Crippen molar-refractivity contribution in [1.29, 1.82) is 0 Å². The van der Waals surface area contributed by atoms with Gasteiger partial charge in [-0.05, 0) is 48.4 Å². The first-order chi connectivity index (χ1) is 9.71. The third-order valence-electron chi connectivity index (χ3n) is 3.82. The molecule has 0 heterocycles. The molecule has 0 amide bonds. The van der Waals surface area contributed by atoms with Crippen LogP contribution in [0.5, 0.6) is 5.75 Å². The summed E-state index contributed by atoms with van der Waals surface area (Å²) in [5, 5.41) is 29.6. The smallest absolute Gasteiger partial charge is 0.157 e. The van der Waals surface area contributed by atoms with E-state index in [2.05, 4.69) is 0 Å². The summed E-state index contributed by atoms with van der Waals surface area (Å²) in [6.45, 7) is -0.449. The van der Waals surface area contributed by atoms with Crippen molar-refractivity contribution >= 4 is 0 Å². The summed E-state index contributed by atoms with van der Waals surface area (Å²) < 4.78 is 0. The monoisotopic (exact) mass is 297 g/mol. The number of rotatable bonds is 6. The van der Waals surface area contributed by atoms with Crippen LogP contribution in [0.2, 0.25) is 0 Å². The van der Waals surface area contributed by atoms with Gasteiger partial charge in [0, 0.05) is 11.1 Å². The first kappa shape index (κ1) is 17.9. The van der Waals surface area contributed by atoms with Crippen molar-refractivity contribution in [2.75, 3.05) is 48.9 Å². The zero-order valence-corrected chi connectivity index (χ0v) is 13.7. The minimum absolute atomic E-state index is 0.0241. The van der Waals surface area contributed by atoms with Gasteiger partial charge in [0.25, 0.3) is 0 Å². The van der Waals surface area contributed by atoms with E-state index in [4.69, 9.17) is 0 Å². The summed E-state index contributed by atoms with van der Waals surface area (Å²) in [5.74, 6) is -0.700. The molecule has 0 radical (unpaired) electrons. The molecule has 0 spiro atoms. The molecule has 120 valence electrons. The summed E-state index contributed by atoms with van der Waals surface area (Å²) in [7, 11) is 11.6. The normalized spacial score (nSPS) is 14.2. The average Bonchev–Trinajstić information content (AvgIpc) is 2.37. The van der Waals surface area contributed by atoms with Crippen LogP contribution in [0, 0.1) is 0 Å². The predicted octanol–water partition coefficient (Wildman–Crippen LogP) is 0.213. The number of hydrogen-bond donors (Lipinski definition) is 3. The lowest BCUT2D eigenvalue weighted by Crippen LogP contribution is -2.61. The van der Waals surface area contributed by atoms with Gasteiger partial charge in [-0.25, -0.2) is 0 Å². The molecule has 1 atom stereocenters. The van der Waals surface area contributed by atoms with Crippen molar-refractivity contribution in [2.45, 2.75) is 11.9 Å². The van der Waals surface area contributed by atoms with Crippen LogP contribution in [0.4, 0.5) is 0 Å². The highest BCUT2D eigenvalue weighted by atomic mass is 16.3. The number of aliphatic hydroxyl groups is 2. The van der Waals surface area contributed by atoms with Crippen LogP contribution in [0.3, 0.4) is 0 Å². The fourth-order valence-electron chi connectivity index (χ4n) is 3.21. The van der Waals surface area contributed by atoms with Crippen molar-refractivity contribution in [3.05, 3.63) is 29.3 Å². The van der Waals surface area contributed by atoms with Gasteiger partial charge < -0.3 is 15.3 Å². The van der Waals surface area contributed by atoms with E-state index in [0.29, 0.717) is 5.56 Å². The Labute approximate surface area is 126 Å². The lowest BCUT2D eigenvalue weighted by molar-refractivity contribution is -0.118. The lowest BCUT2D eigenvalue weighted by Gasteiger charge is -2.51. The van der Waals surface area contributed by atoms with Crippen molar-refractivity contribution in [2.24, 2.45) is 0 Å². The van der Waals surface area contributed by atoms with E-state index in [0.717, 1.165) is 5.56 Å². The molecule has 0 aliphatic rings. The Kier molecular flexibility index (Phi) is 5.72. The minimum Gasteiger partial charge on any atom is -0.508 e. The maximum absolute atomic E-state index is 10.2. The number of phenolic OH excluding ortho intramolecular Hbond substituents is 1. The van der Waals surface area contributed by atoms with Crippen LogP contribution in [-0.4, -0.2) is 78.9 Å². The molecular weight excluding hydrogens is 270 g/mol. The Hall–Kier alpha value is -1.18. The number of nitrogens with zero attached hydrogens (tertiary/aromatic N) is 3. The highest BCUT2D eigenvalue weighted by molar-refractivity contribution is 5.44. The van der Waals surface area contributed by atoms with E-state index in [1.807, 2.05) is 63.1 Å². The zero-order chi connectivity index (χ0) is 16.4. The Morgan fingerprint density at radius 1 is 1.00 bits per heavy atom. The van der Waals surface area contributed by atoms with Gasteiger partial charge in [0.1, 0.15) is 11.9 Å². The Balaban J connectivity index is 3.71. The van der Waals surface area contributed by atoms with Crippen molar-refractivity contribution in [1.82, 2.24) is 14.7 Å². The topological polar surface area (TPSA) is 70.4 Å². The maximum Gasteiger partial charge on any atom is 0.157 e. The summed E-state index contributed by atoms with van der Waals surface area (Å²) in [6, 6.07) is 5.11. The molecule has 3 N–H and O–H groups in total. The third kappa shape index (κ3) is 2.90. The third-order valence-corrected chi connectivity index (χ3v) is 3.82. The maximum atomic E-state index is 10.2. The molecule has 1 unspecified atom stereocenters. The average molecular weight is 297 g/mol. The molecular formula is C15H27N3O3. The van der Waals surface area contributed by atoms with Crippen LogP contribution in [0.25, 0.3) is 0 Å². The summed E-state index contributed by atoms with van der Waals surface area (Å²) in [4.78, 5) is 5.99. The van der Waals surface area contributed by atoms with Crippen molar-refractivity contribution in [3.63, 3.8) is 0 Å². The fraction of sp³-hybridized carbons (Fsp3) is 0.600. The molecule has 6 heteroatoms. The standard InChI is InChI=1S/C15H27N3O3/c1-16(2)15(17(3)4,18(5)6)11-8-7-9-12(20)14(11)13(21)10-19/h7-9,13,19-21H,10H2,1-6H3. The van der Waals surface area contributed by atoms with Crippen LogP contribution >= 0.6 is 0 Å². The largest absolute Gasteiger partial charge is 0.508 e. The molecule has 0 bridgehead atoms. The first-order valence-electron chi connectivity index (χ1n) is 6.84. The molecule has 1 rings (SSSR count). The van der Waals surface area contributed by atoms with E-state index in [-0.39, 0.29) is 5.75 Å². The molecule has 0 fully saturated rings. The van der Waals surface area contributed by atoms with Crippen LogP contribution in [-0.2, 0) is 5.79 Å². The molecule has 0 aromatic heterocycles. The summed E-state index contributed by atoms with van der Waals surface area (Å²) in [5.41, 5.74) is 1.07. The quantitative estimate of drug-likeness (QED) is 0.652. The van der Waals surface area contributed by atoms with Gasteiger partial charge in [0.15, 0.2) is 5.79 Å². The number of phenols is 1. The van der Waals surface area contributed by atoms with E-state index in [1.54, 1.807) is 6.07 Å². The van der Waals surface area contributed by atoms with E-state index in [1.165, 1.54) is 6.07 Å². The predicted molar refractivity (Wildman–Crippen MR) is 82.9 cm³/mol. The summed E-state index contributed by atoms with van der Waals surface area (Å²) in [6.07, 6.45) is -1.14. The second-order valence-corrected chi connectivity index (χ2v) is 5.76. The van der Waals surface area contributed by atoms with Gasteiger partial charge in [-0.1, -0.05) is 12.1 Å². The highest BCUT2D eigenvalue weighted by Gasteiger charge is 2.42. The van der Waals surface area contributed by atoms with Crippen LogP contribution in [0.15, 0.2) is 18.2 Å². The van der Waals surface area contributed by atoms with E-state index >= 15 is 0 Å². The second kappa shape index (κ2) is 6.72. The minimum atomic E-state index is -1.14. The molecule has 1 aromatic rings. The Morgan fingerprint density at radius 2 is 1.48 bits per heavy atom. The molecule has 0 aliphatic carbocycles. The van der Waals surface area contributed by atoms with Gasteiger partial charge in [-0.2, -0.15) is 0 Å². The summed E-state index contributed by atoms with van der Waals surface area (Å²) >= 11 is 0. The Bertz CT molecular complexity index is 453. The van der Waals surface area contributed by atoms with Gasteiger partial charge in [-0.15, -0.1) is 0 Å². The molecule has 0 aliphatic heterocycles. The number of aliphatic hydroxyl groups excluding tert-OH is 2. The number of aromatic hydroxyl groups is 1. The van der Waals surface area contributed by atoms with Gasteiger partial charge in [0.05, 0.1) is 6.61 Å². The first-order valence-corrected chi connectivity index (χ1v) is 6.84. The second-order valence-electron chi connectivity index (χ2n) is 5.76. The molecule has 0 saturated carbocycles. The van der Waals surface area contributed by atoms with Gasteiger partial charge >= 0.3 is 0 Å². The van der Waals surface area contributed by atoms with Crippen LogP contribution < -0.4 is 0 Å². The fourth-order valence-corrected chi connectivity index (χ4v) is 3.21. The zero-order valence-electron chi connectivity index (χ0n) is 13.7. The molecule has 1 aromatic carbocycles. The van der Waals surface area contributed by atoms with Crippen molar-refractivity contribution in [3.8, 4) is 5.75 Å². The molecule has 21 heavy (non-hydrogen) atoms. The van der Waals surface area contributed by atoms with E-state index < -0.39 is 18.5 Å². The molecule has 0 saturated heterocycles. The highest BCUT2D eigenvalue weighted by Crippen LogP contribution is 2.39. The van der Waals surface area contributed by atoms with Gasteiger partial charge in [0.2, 0.25) is 0 Å². The lowest BCUT2D eigenvalue weighted by atomic mass is 9.93. The van der Waals surface area contributed by atoms with Crippen molar-refractivity contribution < 1.29 is 15.3 Å². The van der Waals surface area contributed by atoms with E-state index in [9.17, 15) is 15.3 Å². The van der Waals surface area contributed by atoms with Crippen LogP contribution in [0.1, 0.15) is 17.2 Å². The Morgan fingerprint density at radius 3 is 1.86 bits per heavy atom. The number of hydrogen-bond acceptors (Lipinski definition) is 6. The number of benzene rings is 1. The van der Waals surface area contributed by atoms with Gasteiger partial charge in [-0.3, -0.25) is 14.7 Å². The molecule has 6 nitrogen and oxygen atoms in total.